The summed E-state index contributed by atoms with van der Waals surface area (Å²) in [4.78, 5) is 9.14. The van der Waals surface area contributed by atoms with Crippen molar-refractivity contribution < 1.29 is 9.50 Å². The average molecular weight is 370 g/mol. The zero-order valence-corrected chi connectivity index (χ0v) is 15.0. The molecule has 0 spiro atoms. The van der Waals surface area contributed by atoms with Gasteiger partial charge in [0.25, 0.3) is 0 Å². The summed E-state index contributed by atoms with van der Waals surface area (Å²) in [6.07, 6.45) is 6.64. The summed E-state index contributed by atoms with van der Waals surface area (Å²) < 4.78 is 16.6. The van der Waals surface area contributed by atoms with Crippen LogP contribution in [0.4, 0.5) is 10.2 Å². The van der Waals surface area contributed by atoms with Crippen molar-refractivity contribution >= 4 is 16.7 Å². The number of pyridine rings is 2. The third kappa shape index (κ3) is 3.91. The van der Waals surface area contributed by atoms with Gasteiger partial charge in [0, 0.05) is 29.9 Å². The summed E-state index contributed by atoms with van der Waals surface area (Å²) in [7, 11) is 0. The van der Waals surface area contributed by atoms with E-state index in [0.29, 0.717) is 31.0 Å². The largest absolute Gasteiger partial charge is 0.394 e. The topological polar surface area (TPSA) is 87.9 Å². The van der Waals surface area contributed by atoms with Crippen LogP contribution in [0.2, 0.25) is 0 Å². The van der Waals surface area contributed by atoms with Crippen LogP contribution in [-0.2, 0) is 6.54 Å². The van der Waals surface area contributed by atoms with Gasteiger partial charge in [0.05, 0.1) is 37.1 Å². The predicted octanol–water partition coefficient (Wildman–Crippen LogP) is 1.99. The summed E-state index contributed by atoms with van der Waals surface area (Å²) in [6, 6.07) is 5.68. The Morgan fingerprint density at radius 2 is 2.33 bits per heavy atom. The van der Waals surface area contributed by atoms with Crippen LogP contribution in [0, 0.1) is 0 Å². The number of halogens is 1. The number of aliphatic hydroxyl groups excluding tert-OH is 1. The Morgan fingerprint density at radius 3 is 3.15 bits per heavy atom. The monoisotopic (exact) mass is 370 g/mol. The van der Waals surface area contributed by atoms with Crippen LogP contribution >= 0.6 is 0 Å². The van der Waals surface area contributed by atoms with E-state index in [1.807, 2.05) is 24.4 Å². The number of piperidine rings is 1. The van der Waals surface area contributed by atoms with Gasteiger partial charge in [-0.25, -0.2) is 9.37 Å². The van der Waals surface area contributed by atoms with Gasteiger partial charge < -0.3 is 15.7 Å². The first kappa shape index (κ1) is 17.8. The first-order chi connectivity index (χ1) is 13.2. The molecule has 1 atom stereocenters. The average Bonchev–Trinajstić information content (AvgIpc) is 3.16. The number of fused-ring (bicyclic) bond motifs is 1. The molecule has 27 heavy (non-hydrogen) atoms. The van der Waals surface area contributed by atoms with Crippen molar-refractivity contribution in [3.05, 3.63) is 36.8 Å². The number of anilines is 1. The van der Waals surface area contributed by atoms with Crippen molar-refractivity contribution in [3.8, 4) is 11.3 Å². The SMILES string of the molecule is OCCn1cc(-c2cc3ncccc3c(NC[C@]3(F)CCCNC3)n2)cn1. The molecule has 3 aromatic heterocycles. The van der Waals surface area contributed by atoms with E-state index < -0.39 is 5.67 Å². The van der Waals surface area contributed by atoms with Gasteiger partial charge in [-0.2, -0.15) is 5.10 Å². The molecule has 1 saturated heterocycles. The molecule has 1 aliphatic heterocycles. The van der Waals surface area contributed by atoms with Crippen molar-refractivity contribution in [3.63, 3.8) is 0 Å². The van der Waals surface area contributed by atoms with Gasteiger partial charge in [-0.15, -0.1) is 0 Å². The number of aromatic nitrogens is 4. The molecule has 1 aliphatic rings. The van der Waals surface area contributed by atoms with Crippen LogP contribution in [0.1, 0.15) is 12.8 Å². The second kappa shape index (κ2) is 7.58. The minimum atomic E-state index is -1.28. The Labute approximate surface area is 156 Å². The zero-order valence-electron chi connectivity index (χ0n) is 15.0. The van der Waals surface area contributed by atoms with Crippen LogP contribution in [-0.4, -0.2) is 56.8 Å². The summed E-state index contributed by atoms with van der Waals surface area (Å²) in [6.45, 7) is 1.86. The molecule has 0 bridgehead atoms. The van der Waals surface area contributed by atoms with Gasteiger partial charge in [-0.3, -0.25) is 9.67 Å². The summed E-state index contributed by atoms with van der Waals surface area (Å²) in [5.41, 5.74) is 1.04. The number of rotatable bonds is 6. The lowest BCUT2D eigenvalue weighted by molar-refractivity contribution is 0.137. The van der Waals surface area contributed by atoms with Crippen molar-refractivity contribution in [2.75, 3.05) is 31.6 Å². The molecule has 4 heterocycles. The third-order valence-corrected chi connectivity index (χ3v) is 4.85. The molecule has 0 aromatic carbocycles. The van der Waals surface area contributed by atoms with Crippen LogP contribution in [0.25, 0.3) is 22.2 Å². The lowest BCUT2D eigenvalue weighted by atomic mass is 9.96. The number of alkyl halides is 1. The van der Waals surface area contributed by atoms with Gasteiger partial charge in [0.1, 0.15) is 11.5 Å². The minimum Gasteiger partial charge on any atom is -0.394 e. The third-order valence-electron chi connectivity index (χ3n) is 4.85. The van der Waals surface area contributed by atoms with Crippen LogP contribution < -0.4 is 10.6 Å². The lowest BCUT2D eigenvalue weighted by Crippen LogP contribution is -2.46. The van der Waals surface area contributed by atoms with E-state index in [2.05, 4.69) is 20.7 Å². The molecule has 0 radical (unpaired) electrons. The number of hydrogen-bond donors (Lipinski definition) is 3. The molecule has 7 nitrogen and oxygen atoms in total. The minimum absolute atomic E-state index is 0.0211. The molecule has 1 fully saturated rings. The van der Waals surface area contributed by atoms with Crippen LogP contribution in [0.15, 0.2) is 36.8 Å². The quantitative estimate of drug-likeness (QED) is 0.615. The Balaban J connectivity index is 1.65. The number of nitrogens with zero attached hydrogens (tertiary/aromatic N) is 4. The van der Waals surface area contributed by atoms with E-state index in [9.17, 15) is 4.39 Å². The highest BCUT2D eigenvalue weighted by Crippen LogP contribution is 2.28. The summed E-state index contributed by atoms with van der Waals surface area (Å²) in [5.74, 6) is 0.619. The van der Waals surface area contributed by atoms with Crippen LogP contribution in [0.5, 0.6) is 0 Å². The van der Waals surface area contributed by atoms with Crippen molar-refractivity contribution in [1.29, 1.82) is 0 Å². The maximum Gasteiger partial charge on any atom is 0.140 e. The zero-order chi connectivity index (χ0) is 18.7. The Bertz CT molecular complexity index is 921. The predicted molar refractivity (Wildman–Crippen MR) is 102 cm³/mol. The molecule has 142 valence electrons. The van der Waals surface area contributed by atoms with E-state index in [4.69, 9.17) is 10.1 Å². The van der Waals surface area contributed by atoms with Gasteiger partial charge >= 0.3 is 0 Å². The second-order valence-corrected chi connectivity index (χ2v) is 6.93. The first-order valence-electron chi connectivity index (χ1n) is 9.20. The lowest BCUT2D eigenvalue weighted by Gasteiger charge is -2.30. The molecular formula is C19H23FN6O. The van der Waals surface area contributed by atoms with E-state index >= 15 is 0 Å². The fraction of sp³-hybridized carbons (Fsp3) is 0.421. The van der Waals surface area contributed by atoms with E-state index in [1.54, 1.807) is 17.1 Å². The maximum atomic E-state index is 15.0. The van der Waals surface area contributed by atoms with Gasteiger partial charge in [0.2, 0.25) is 0 Å². The highest BCUT2D eigenvalue weighted by Gasteiger charge is 2.31. The smallest absolute Gasteiger partial charge is 0.140 e. The molecular weight excluding hydrogens is 347 g/mol. The second-order valence-electron chi connectivity index (χ2n) is 6.93. The van der Waals surface area contributed by atoms with Gasteiger partial charge in [-0.05, 0) is 37.6 Å². The summed E-state index contributed by atoms with van der Waals surface area (Å²) in [5, 5.41) is 20.5. The van der Waals surface area contributed by atoms with Crippen molar-refractivity contribution in [2.45, 2.75) is 25.1 Å². The van der Waals surface area contributed by atoms with E-state index in [1.165, 1.54) is 0 Å². The standard InChI is InChI=1S/C19H23FN6O/c20-19(4-2-5-21-12-19)13-23-18-15-3-1-6-22-17(15)9-16(25-18)14-10-24-26(11-14)7-8-27/h1,3,6,9-11,21,27H,2,4-5,7-8,12-13H2,(H,23,25)/t19-/m0/s1. The fourth-order valence-electron chi connectivity index (χ4n) is 3.40. The van der Waals surface area contributed by atoms with Crippen LogP contribution in [0.3, 0.4) is 0 Å². The highest BCUT2D eigenvalue weighted by atomic mass is 19.1. The van der Waals surface area contributed by atoms with E-state index in [0.717, 1.165) is 29.4 Å². The normalized spacial score (nSPS) is 20.1. The molecule has 8 heteroatoms. The first-order valence-corrected chi connectivity index (χ1v) is 9.20. The van der Waals surface area contributed by atoms with Crippen molar-refractivity contribution in [1.82, 2.24) is 25.1 Å². The molecule has 3 aromatic rings. The van der Waals surface area contributed by atoms with E-state index in [-0.39, 0.29) is 13.2 Å². The number of aliphatic hydroxyl groups is 1. The molecule has 3 N–H and O–H groups in total. The Morgan fingerprint density at radius 1 is 1.41 bits per heavy atom. The molecule has 0 unspecified atom stereocenters. The Hall–Kier alpha value is -2.58. The number of hydrogen-bond acceptors (Lipinski definition) is 6. The van der Waals surface area contributed by atoms with Gasteiger partial charge in [0.15, 0.2) is 0 Å². The van der Waals surface area contributed by atoms with Gasteiger partial charge in [-0.1, -0.05) is 0 Å². The molecule has 0 saturated carbocycles. The molecule has 4 rings (SSSR count). The highest BCUT2D eigenvalue weighted by molar-refractivity contribution is 5.91. The Kier molecular flexibility index (Phi) is 5.00. The number of nitrogens with one attached hydrogen (secondary N) is 2. The summed E-state index contributed by atoms with van der Waals surface area (Å²) >= 11 is 0. The molecule has 0 amide bonds. The fourth-order valence-corrected chi connectivity index (χ4v) is 3.40. The maximum absolute atomic E-state index is 15.0. The molecule has 0 aliphatic carbocycles. The van der Waals surface area contributed by atoms with Crippen molar-refractivity contribution in [2.24, 2.45) is 0 Å².